The molecule has 3 rings (SSSR count). The van der Waals surface area contributed by atoms with Crippen molar-refractivity contribution in [1.29, 1.82) is 0 Å². The van der Waals surface area contributed by atoms with E-state index in [9.17, 15) is 0 Å². The molecule has 1 saturated heterocycles. The van der Waals surface area contributed by atoms with Gasteiger partial charge in [-0.3, -0.25) is 4.90 Å². The number of aromatic nitrogens is 2. The molecule has 0 unspecified atom stereocenters. The van der Waals surface area contributed by atoms with Gasteiger partial charge in [0.15, 0.2) is 5.82 Å². The van der Waals surface area contributed by atoms with E-state index in [2.05, 4.69) is 55.1 Å². The Morgan fingerprint density at radius 1 is 1.18 bits per heavy atom. The first-order valence-corrected chi connectivity index (χ1v) is 8.53. The average Bonchev–Trinajstić information content (AvgIpc) is 3.05. The molecule has 22 heavy (non-hydrogen) atoms. The van der Waals surface area contributed by atoms with Crippen molar-refractivity contribution >= 4 is 0 Å². The van der Waals surface area contributed by atoms with E-state index in [1.54, 1.807) is 0 Å². The molecular formula is C17H30N4O. The molecule has 1 aromatic rings. The third kappa shape index (κ3) is 4.07. The van der Waals surface area contributed by atoms with Crippen LogP contribution in [0.5, 0.6) is 0 Å². The van der Waals surface area contributed by atoms with Gasteiger partial charge < -0.3 is 9.84 Å². The van der Waals surface area contributed by atoms with Gasteiger partial charge in [-0.2, -0.15) is 4.98 Å². The van der Waals surface area contributed by atoms with Crippen LogP contribution in [0.25, 0.3) is 0 Å². The van der Waals surface area contributed by atoms with Crippen LogP contribution in [-0.4, -0.2) is 39.2 Å². The van der Waals surface area contributed by atoms with E-state index in [1.807, 2.05) is 0 Å². The van der Waals surface area contributed by atoms with Gasteiger partial charge in [-0.05, 0) is 66.3 Å². The fourth-order valence-corrected chi connectivity index (χ4v) is 3.94. The first-order chi connectivity index (χ1) is 10.2. The first kappa shape index (κ1) is 15.9. The van der Waals surface area contributed by atoms with Crippen molar-refractivity contribution in [3.05, 3.63) is 11.7 Å². The summed E-state index contributed by atoms with van der Waals surface area (Å²) in [7, 11) is 2.17. The highest BCUT2D eigenvalue weighted by Gasteiger charge is 2.39. The van der Waals surface area contributed by atoms with Gasteiger partial charge in [0.25, 0.3) is 0 Å². The van der Waals surface area contributed by atoms with Crippen LogP contribution >= 0.6 is 0 Å². The fourth-order valence-electron chi connectivity index (χ4n) is 3.94. The maximum atomic E-state index is 5.44. The standard InChI is InChI=1S/C17H30N4O/c1-16(2)9-13(10-17(3,4)20-16)21(5)11-15-18-14(19-22-15)8-12-6-7-12/h12-13,20H,6-11H2,1-5H3. The van der Waals surface area contributed by atoms with Crippen molar-refractivity contribution in [2.24, 2.45) is 5.92 Å². The summed E-state index contributed by atoms with van der Waals surface area (Å²) in [6, 6.07) is 0.532. The molecule has 0 bridgehead atoms. The van der Waals surface area contributed by atoms with Crippen LogP contribution in [0, 0.1) is 5.92 Å². The topological polar surface area (TPSA) is 54.2 Å². The van der Waals surface area contributed by atoms with Gasteiger partial charge >= 0.3 is 0 Å². The first-order valence-electron chi connectivity index (χ1n) is 8.53. The second-order valence-corrected chi connectivity index (χ2v) is 8.62. The number of rotatable bonds is 5. The molecule has 2 fully saturated rings. The number of piperidine rings is 1. The van der Waals surface area contributed by atoms with Crippen LogP contribution in [0.2, 0.25) is 0 Å². The lowest BCUT2D eigenvalue weighted by Gasteiger charge is -2.48. The summed E-state index contributed by atoms with van der Waals surface area (Å²) >= 11 is 0. The molecular weight excluding hydrogens is 276 g/mol. The second kappa shape index (κ2) is 5.60. The Balaban J connectivity index is 1.60. The Morgan fingerprint density at radius 2 is 1.82 bits per heavy atom. The third-order valence-electron chi connectivity index (χ3n) is 4.85. The predicted molar refractivity (Wildman–Crippen MR) is 86.5 cm³/mol. The molecule has 0 amide bonds. The number of hydrogen-bond donors (Lipinski definition) is 1. The van der Waals surface area contributed by atoms with Crippen LogP contribution in [0.3, 0.4) is 0 Å². The van der Waals surface area contributed by atoms with E-state index in [0.29, 0.717) is 6.04 Å². The van der Waals surface area contributed by atoms with Crippen molar-refractivity contribution in [1.82, 2.24) is 20.4 Å². The van der Waals surface area contributed by atoms with E-state index in [1.165, 1.54) is 12.8 Å². The van der Waals surface area contributed by atoms with Crippen molar-refractivity contribution in [3.8, 4) is 0 Å². The zero-order chi connectivity index (χ0) is 16.0. The Labute approximate surface area is 133 Å². The van der Waals surface area contributed by atoms with Crippen LogP contribution in [0.15, 0.2) is 4.52 Å². The van der Waals surface area contributed by atoms with Gasteiger partial charge in [-0.1, -0.05) is 5.16 Å². The minimum Gasteiger partial charge on any atom is -0.338 e. The lowest BCUT2D eigenvalue weighted by atomic mass is 9.79. The van der Waals surface area contributed by atoms with E-state index >= 15 is 0 Å². The molecule has 2 heterocycles. The molecule has 5 nitrogen and oxygen atoms in total. The Hall–Kier alpha value is -0.940. The van der Waals surface area contributed by atoms with Crippen LogP contribution < -0.4 is 5.32 Å². The minimum absolute atomic E-state index is 0.159. The molecule has 1 aromatic heterocycles. The van der Waals surface area contributed by atoms with E-state index < -0.39 is 0 Å². The van der Waals surface area contributed by atoms with E-state index in [4.69, 9.17) is 4.52 Å². The highest BCUT2D eigenvalue weighted by Crippen LogP contribution is 2.33. The summed E-state index contributed by atoms with van der Waals surface area (Å²) in [4.78, 5) is 6.94. The van der Waals surface area contributed by atoms with Crippen molar-refractivity contribution in [2.75, 3.05) is 7.05 Å². The summed E-state index contributed by atoms with van der Waals surface area (Å²) in [5.74, 6) is 2.44. The molecule has 1 saturated carbocycles. The lowest BCUT2D eigenvalue weighted by molar-refractivity contribution is 0.0717. The molecule has 124 valence electrons. The summed E-state index contributed by atoms with van der Waals surface area (Å²) in [5, 5.41) is 7.86. The number of nitrogens with zero attached hydrogens (tertiary/aromatic N) is 3. The van der Waals surface area contributed by atoms with Gasteiger partial charge in [0, 0.05) is 23.5 Å². The molecule has 0 atom stereocenters. The SMILES string of the molecule is CN(Cc1nc(CC2CC2)no1)C1CC(C)(C)NC(C)(C)C1. The van der Waals surface area contributed by atoms with Crippen molar-refractivity contribution < 1.29 is 4.52 Å². The van der Waals surface area contributed by atoms with Gasteiger partial charge in [-0.15, -0.1) is 0 Å². The normalized spacial score (nSPS) is 24.8. The maximum absolute atomic E-state index is 5.44. The zero-order valence-corrected chi connectivity index (χ0v) is 14.6. The average molecular weight is 306 g/mol. The predicted octanol–water partition coefficient (Wildman–Crippen LogP) is 2.76. The smallest absolute Gasteiger partial charge is 0.240 e. The molecule has 1 aliphatic heterocycles. The molecule has 2 aliphatic rings. The quantitative estimate of drug-likeness (QED) is 0.906. The van der Waals surface area contributed by atoms with Crippen molar-refractivity contribution in [2.45, 2.75) is 83.5 Å². The minimum atomic E-state index is 0.159. The fraction of sp³-hybridized carbons (Fsp3) is 0.882. The molecule has 0 radical (unpaired) electrons. The van der Waals surface area contributed by atoms with Crippen LogP contribution in [-0.2, 0) is 13.0 Å². The lowest BCUT2D eigenvalue weighted by Crippen LogP contribution is -2.61. The summed E-state index contributed by atoms with van der Waals surface area (Å²) < 4.78 is 5.44. The molecule has 5 heteroatoms. The maximum Gasteiger partial charge on any atom is 0.240 e. The van der Waals surface area contributed by atoms with Gasteiger partial charge in [0.05, 0.1) is 6.54 Å². The highest BCUT2D eigenvalue weighted by atomic mass is 16.5. The van der Waals surface area contributed by atoms with Crippen LogP contribution in [0.4, 0.5) is 0 Å². The Morgan fingerprint density at radius 3 is 2.41 bits per heavy atom. The number of hydrogen-bond acceptors (Lipinski definition) is 5. The van der Waals surface area contributed by atoms with Crippen LogP contribution in [0.1, 0.15) is 65.1 Å². The highest BCUT2D eigenvalue weighted by molar-refractivity contribution is 5.00. The van der Waals surface area contributed by atoms with Gasteiger partial charge in [0.1, 0.15) is 0 Å². The van der Waals surface area contributed by atoms with E-state index in [0.717, 1.165) is 43.4 Å². The summed E-state index contributed by atoms with van der Waals surface area (Å²) in [6.07, 6.45) is 5.90. The van der Waals surface area contributed by atoms with E-state index in [-0.39, 0.29) is 11.1 Å². The van der Waals surface area contributed by atoms with Gasteiger partial charge in [0.2, 0.25) is 5.89 Å². The Kier molecular flexibility index (Phi) is 4.06. The second-order valence-electron chi connectivity index (χ2n) is 8.62. The number of nitrogens with one attached hydrogen (secondary N) is 1. The molecule has 0 spiro atoms. The molecule has 1 N–H and O–H groups in total. The monoisotopic (exact) mass is 306 g/mol. The third-order valence-corrected chi connectivity index (χ3v) is 4.85. The largest absolute Gasteiger partial charge is 0.338 e. The van der Waals surface area contributed by atoms with Gasteiger partial charge in [-0.25, -0.2) is 0 Å². The summed E-state index contributed by atoms with van der Waals surface area (Å²) in [6.45, 7) is 9.89. The zero-order valence-electron chi connectivity index (χ0n) is 14.6. The molecule has 1 aliphatic carbocycles. The summed E-state index contributed by atoms with van der Waals surface area (Å²) in [5.41, 5.74) is 0.319. The van der Waals surface area contributed by atoms with Crippen molar-refractivity contribution in [3.63, 3.8) is 0 Å². The molecule has 0 aromatic carbocycles. The Bertz CT molecular complexity index is 502.